The molecule has 0 saturated carbocycles. The van der Waals surface area contributed by atoms with E-state index >= 15 is 0 Å². The summed E-state index contributed by atoms with van der Waals surface area (Å²) in [6.07, 6.45) is 0. The van der Waals surface area contributed by atoms with Crippen LogP contribution in [0.5, 0.6) is 5.75 Å². The number of hydrogen-bond donors (Lipinski definition) is 2. The van der Waals surface area contributed by atoms with Gasteiger partial charge in [0.1, 0.15) is 16.1 Å². The Kier molecular flexibility index (Phi) is 4.14. The standard InChI is InChI=1S/C12H7Cl3N2O2/c13-8-5-7(1-2-9(8)18)16-12(19)6-3-10(14)17-11(15)4-6/h1-5,18H,(H,16,19). The van der Waals surface area contributed by atoms with E-state index in [0.29, 0.717) is 5.69 Å². The number of halogens is 3. The third kappa shape index (κ3) is 3.50. The minimum Gasteiger partial charge on any atom is -0.506 e. The van der Waals surface area contributed by atoms with Gasteiger partial charge < -0.3 is 10.4 Å². The summed E-state index contributed by atoms with van der Waals surface area (Å²) in [5, 5.41) is 12.3. The van der Waals surface area contributed by atoms with Gasteiger partial charge in [-0.3, -0.25) is 4.79 Å². The van der Waals surface area contributed by atoms with Gasteiger partial charge in [0, 0.05) is 11.3 Å². The van der Waals surface area contributed by atoms with Crippen LogP contribution in [0.25, 0.3) is 0 Å². The maximum atomic E-state index is 12.0. The van der Waals surface area contributed by atoms with Crippen molar-refractivity contribution in [1.82, 2.24) is 4.98 Å². The maximum Gasteiger partial charge on any atom is 0.255 e. The monoisotopic (exact) mass is 316 g/mol. The van der Waals surface area contributed by atoms with Crippen molar-refractivity contribution in [3.8, 4) is 5.75 Å². The van der Waals surface area contributed by atoms with E-state index in [1.165, 1.54) is 30.3 Å². The van der Waals surface area contributed by atoms with Gasteiger partial charge in [0.15, 0.2) is 0 Å². The average molecular weight is 318 g/mol. The summed E-state index contributed by atoms with van der Waals surface area (Å²) in [7, 11) is 0. The number of nitrogens with zero attached hydrogens (tertiary/aromatic N) is 1. The fraction of sp³-hybridized carbons (Fsp3) is 0. The van der Waals surface area contributed by atoms with E-state index in [2.05, 4.69) is 10.3 Å². The van der Waals surface area contributed by atoms with Gasteiger partial charge in [-0.1, -0.05) is 34.8 Å². The SMILES string of the molecule is O=C(Nc1ccc(O)c(Cl)c1)c1cc(Cl)nc(Cl)c1. The number of nitrogens with one attached hydrogen (secondary N) is 1. The van der Waals surface area contributed by atoms with Crippen molar-refractivity contribution in [2.75, 3.05) is 5.32 Å². The predicted molar refractivity (Wildman–Crippen MR) is 75.3 cm³/mol. The third-order valence-electron chi connectivity index (χ3n) is 2.23. The molecule has 0 radical (unpaired) electrons. The van der Waals surface area contributed by atoms with Crippen LogP contribution in [-0.2, 0) is 0 Å². The van der Waals surface area contributed by atoms with Crippen LogP contribution in [0.4, 0.5) is 5.69 Å². The zero-order chi connectivity index (χ0) is 14.0. The average Bonchev–Trinajstić information content (AvgIpc) is 2.32. The van der Waals surface area contributed by atoms with Gasteiger partial charge in [-0.25, -0.2) is 4.98 Å². The molecule has 98 valence electrons. The molecule has 0 unspecified atom stereocenters. The van der Waals surface area contributed by atoms with Gasteiger partial charge in [0.2, 0.25) is 0 Å². The lowest BCUT2D eigenvalue weighted by molar-refractivity contribution is 0.102. The van der Waals surface area contributed by atoms with Crippen LogP contribution in [0.1, 0.15) is 10.4 Å². The molecule has 2 rings (SSSR count). The third-order valence-corrected chi connectivity index (χ3v) is 2.92. The molecule has 1 aromatic heterocycles. The van der Waals surface area contributed by atoms with E-state index in [1.54, 1.807) is 0 Å². The second-order valence-corrected chi connectivity index (χ2v) is 4.80. The number of aromatic nitrogens is 1. The highest BCUT2D eigenvalue weighted by Crippen LogP contribution is 2.26. The van der Waals surface area contributed by atoms with Crippen LogP contribution < -0.4 is 5.32 Å². The number of carbonyl (C=O) groups is 1. The Bertz CT molecular complexity index is 627. The summed E-state index contributed by atoms with van der Waals surface area (Å²) in [4.78, 5) is 15.7. The number of benzene rings is 1. The molecule has 0 spiro atoms. The van der Waals surface area contributed by atoms with Crippen molar-refractivity contribution in [2.45, 2.75) is 0 Å². The van der Waals surface area contributed by atoms with Gasteiger partial charge >= 0.3 is 0 Å². The van der Waals surface area contributed by atoms with Crippen molar-refractivity contribution in [1.29, 1.82) is 0 Å². The zero-order valence-corrected chi connectivity index (χ0v) is 11.6. The first-order valence-electron chi connectivity index (χ1n) is 5.08. The van der Waals surface area contributed by atoms with Crippen LogP contribution in [0.2, 0.25) is 15.3 Å². The van der Waals surface area contributed by atoms with Crippen LogP contribution >= 0.6 is 34.8 Å². The summed E-state index contributed by atoms with van der Waals surface area (Å²) >= 11 is 17.2. The minimum atomic E-state index is -0.409. The molecule has 0 bridgehead atoms. The van der Waals surface area contributed by atoms with Gasteiger partial charge in [-0.15, -0.1) is 0 Å². The molecule has 0 atom stereocenters. The van der Waals surface area contributed by atoms with E-state index in [4.69, 9.17) is 34.8 Å². The van der Waals surface area contributed by atoms with E-state index in [9.17, 15) is 9.90 Å². The molecule has 2 aromatic rings. The molecule has 7 heteroatoms. The zero-order valence-electron chi connectivity index (χ0n) is 9.32. The maximum absolute atomic E-state index is 12.0. The number of anilines is 1. The fourth-order valence-electron chi connectivity index (χ4n) is 1.38. The molecule has 4 nitrogen and oxygen atoms in total. The number of rotatable bonds is 2. The van der Waals surface area contributed by atoms with Crippen molar-refractivity contribution in [3.63, 3.8) is 0 Å². The van der Waals surface area contributed by atoms with Crippen LogP contribution in [0.3, 0.4) is 0 Å². The molecular weight excluding hydrogens is 311 g/mol. The highest BCUT2D eigenvalue weighted by atomic mass is 35.5. The molecule has 0 aliphatic carbocycles. The smallest absolute Gasteiger partial charge is 0.255 e. The normalized spacial score (nSPS) is 10.3. The lowest BCUT2D eigenvalue weighted by Crippen LogP contribution is -2.12. The lowest BCUT2D eigenvalue weighted by atomic mass is 10.2. The number of phenolic OH excluding ortho intramolecular Hbond substituents is 1. The minimum absolute atomic E-state index is 0.0605. The number of pyridine rings is 1. The molecule has 0 fully saturated rings. The Balaban J connectivity index is 2.22. The number of aromatic hydroxyl groups is 1. The molecule has 0 aliphatic rings. The molecule has 0 saturated heterocycles. The topological polar surface area (TPSA) is 62.2 Å². The number of hydrogen-bond acceptors (Lipinski definition) is 3. The first-order valence-corrected chi connectivity index (χ1v) is 6.22. The van der Waals surface area contributed by atoms with Crippen LogP contribution in [0.15, 0.2) is 30.3 Å². The van der Waals surface area contributed by atoms with Gasteiger partial charge in [0.05, 0.1) is 5.02 Å². The summed E-state index contributed by atoms with van der Waals surface area (Å²) in [6, 6.07) is 7.11. The van der Waals surface area contributed by atoms with Crippen LogP contribution in [-0.4, -0.2) is 16.0 Å². The second kappa shape index (κ2) is 5.65. The highest BCUT2D eigenvalue weighted by molar-refractivity contribution is 6.33. The van der Waals surface area contributed by atoms with Crippen molar-refractivity contribution >= 4 is 46.4 Å². The Morgan fingerprint density at radius 1 is 1.11 bits per heavy atom. The van der Waals surface area contributed by atoms with Crippen molar-refractivity contribution in [2.24, 2.45) is 0 Å². The fourth-order valence-corrected chi connectivity index (χ4v) is 2.02. The van der Waals surface area contributed by atoms with E-state index in [-0.39, 0.29) is 26.6 Å². The second-order valence-electron chi connectivity index (χ2n) is 3.62. The number of phenols is 1. The molecule has 0 aliphatic heterocycles. The Hall–Kier alpha value is -1.49. The lowest BCUT2D eigenvalue weighted by Gasteiger charge is -2.07. The quantitative estimate of drug-likeness (QED) is 0.650. The first-order chi connectivity index (χ1) is 8.95. The van der Waals surface area contributed by atoms with Crippen LogP contribution in [0, 0.1) is 0 Å². The molecule has 1 aromatic carbocycles. The molecule has 19 heavy (non-hydrogen) atoms. The van der Waals surface area contributed by atoms with Crippen molar-refractivity contribution in [3.05, 3.63) is 51.2 Å². The summed E-state index contributed by atoms with van der Waals surface area (Å²) in [5.74, 6) is -0.470. The predicted octanol–water partition coefficient (Wildman–Crippen LogP) is 4.00. The highest BCUT2D eigenvalue weighted by Gasteiger charge is 2.10. The summed E-state index contributed by atoms with van der Waals surface area (Å²) in [5.41, 5.74) is 0.714. The van der Waals surface area contributed by atoms with Crippen molar-refractivity contribution < 1.29 is 9.90 Å². The van der Waals surface area contributed by atoms with Gasteiger partial charge in [-0.2, -0.15) is 0 Å². The Morgan fingerprint density at radius 3 is 2.32 bits per heavy atom. The van der Waals surface area contributed by atoms with E-state index in [0.717, 1.165) is 0 Å². The Labute approximate surface area is 123 Å². The van der Waals surface area contributed by atoms with E-state index in [1.807, 2.05) is 0 Å². The summed E-state index contributed by atoms with van der Waals surface area (Å²) in [6.45, 7) is 0. The van der Waals surface area contributed by atoms with E-state index < -0.39 is 5.91 Å². The molecular formula is C12H7Cl3N2O2. The number of carbonyl (C=O) groups excluding carboxylic acids is 1. The van der Waals surface area contributed by atoms with Gasteiger partial charge in [0.25, 0.3) is 5.91 Å². The number of amides is 1. The summed E-state index contributed by atoms with van der Waals surface area (Å²) < 4.78 is 0. The first kappa shape index (κ1) is 13.9. The van der Waals surface area contributed by atoms with Gasteiger partial charge in [-0.05, 0) is 30.3 Å². The molecule has 1 heterocycles. The Morgan fingerprint density at radius 2 is 1.74 bits per heavy atom. The molecule has 1 amide bonds. The molecule has 2 N–H and O–H groups in total. The largest absolute Gasteiger partial charge is 0.506 e.